The summed E-state index contributed by atoms with van der Waals surface area (Å²) in [5.41, 5.74) is 4.88. The summed E-state index contributed by atoms with van der Waals surface area (Å²) in [6, 6.07) is -0.927. The molecule has 0 heterocycles. The number of rotatable bonds is 2. The van der Waals surface area contributed by atoms with Crippen molar-refractivity contribution in [1.29, 1.82) is 0 Å². The molecule has 0 aliphatic heterocycles. The molecule has 1 atom stereocenters. The van der Waals surface area contributed by atoms with Gasteiger partial charge in [-0.2, -0.15) is 12.6 Å². The van der Waals surface area contributed by atoms with E-state index in [0.717, 1.165) is 0 Å². The van der Waals surface area contributed by atoms with E-state index >= 15 is 0 Å². The Balaban J connectivity index is 3.34. The van der Waals surface area contributed by atoms with Gasteiger partial charge in [-0.15, -0.1) is 0 Å². The Kier molecular flexibility index (Phi) is 2.78. The van der Waals surface area contributed by atoms with Crippen LogP contribution in [-0.2, 0) is 4.79 Å². The van der Waals surface area contributed by atoms with Gasteiger partial charge in [0.05, 0.1) is 12.0 Å². The second-order valence-electron chi connectivity index (χ2n) is 1.11. The summed E-state index contributed by atoms with van der Waals surface area (Å²) in [5.74, 6) is -1.13. The molecule has 0 aliphatic rings. The number of aliphatic carboxylic acids is 1. The molecular weight excluding hydrogens is 114 g/mol. The van der Waals surface area contributed by atoms with Crippen molar-refractivity contribution in [2.24, 2.45) is 5.73 Å². The van der Waals surface area contributed by atoms with Gasteiger partial charge in [0, 0.05) is 5.75 Å². The van der Waals surface area contributed by atoms with Crippen molar-refractivity contribution in [2.75, 3.05) is 5.75 Å². The summed E-state index contributed by atoms with van der Waals surface area (Å²) in [6.07, 6.45) is 0. The van der Waals surface area contributed by atoms with Gasteiger partial charge in [0.25, 0.3) is 0 Å². The van der Waals surface area contributed by atoms with Gasteiger partial charge in [0.2, 0.25) is 0 Å². The monoisotopic (exact) mass is 120 g/mol. The zero-order chi connectivity index (χ0) is 5.86. The van der Waals surface area contributed by atoms with Gasteiger partial charge < -0.3 is 15.6 Å². The molecule has 0 unspecified atom stereocenters. The predicted molar refractivity (Wildman–Crippen MR) is 26.8 cm³/mol. The molecule has 0 saturated carbocycles. The van der Waals surface area contributed by atoms with Gasteiger partial charge in [-0.3, -0.25) is 0 Å². The van der Waals surface area contributed by atoms with Crippen molar-refractivity contribution >= 4 is 18.6 Å². The van der Waals surface area contributed by atoms with E-state index in [-0.39, 0.29) is 5.75 Å². The van der Waals surface area contributed by atoms with Crippen LogP contribution >= 0.6 is 12.6 Å². The summed E-state index contributed by atoms with van der Waals surface area (Å²) >= 11 is 3.61. The van der Waals surface area contributed by atoms with E-state index in [4.69, 9.17) is 5.73 Å². The minimum atomic E-state index is -1.25. The van der Waals surface area contributed by atoms with Gasteiger partial charge in [-0.1, -0.05) is 0 Å². The Morgan fingerprint density at radius 1 is 2.00 bits per heavy atom. The topological polar surface area (TPSA) is 66.2 Å². The van der Waals surface area contributed by atoms with E-state index in [1.807, 2.05) is 0 Å². The lowest BCUT2D eigenvalue weighted by atomic mass is 10.4. The zero-order valence-electron chi connectivity index (χ0n) is 3.63. The maximum absolute atomic E-state index is 9.65. The highest BCUT2D eigenvalue weighted by atomic mass is 32.1. The molecule has 0 spiro atoms. The van der Waals surface area contributed by atoms with Crippen LogP contribution in [0.2, 0.25) is 0 Å². The van der Waals surface area contributed by atoms with Crippen LogP contribution in [0.5, 0.6) is 0 Å². The fourth-order valence-electron chi connectivity index (χ4n) is 0.0745. The molecule has 0 aliphatic carbocycles. The van der Waals surface area contributed by atoms with E-state index in [2.05, 4.69) is 12.6 Å². The van der Waals surface area contributed by atoms with Crippen molar-refractivity contribution in [3.05, 3.63) is 0 Å². The number of carboxylic acid groups (broad SMARTS) is 1. The van der Waals surface area contributed by atoms with Crippen LogP contribution < -0.4 is 10.8 Å². The lowest BCUT2D eigenvalue weighted by molar-refractivity contribution is -0.306. The Bertz CT molecular complexity index is 75.3. The van der Waals surface area contributed by atoms with Gasteiger partial charge in [-0.05, 0) is 0 Å². The molecule has 0 aromatic rings. The normalized spacial score (nSPS) is 13.4. The predicted octanol–water partition coefficient (Wildman–Crippen LogP) is -2.01. The molecule has 0 aromatic heterocycles. The molecular formula is C3H6NO2S-. The first-order valence-electron chi connectivity index (χ1n) is 1.75. The van der Waals surface area contributed by atoms with Gasteiger partial charge in [0.1, 0.15) is 0 Å². The van der Waals surface area contributed by atoms with Crippen molar-refractivity contribution in [3.63, 3.8) is 0 Å². The van der Waals surface area contributed by atoms with Crippen LogP contribution in [0.15, 0.2) is 0 Å². The third kappa shape index (κ3) is 2.47. The maximum atomic E-state index is 9.65. The van der Waals surface area contributed by atoms with Crippen molar-refractivity contribution < 1.29 is 9.90 Å². The van der Waals surface area contributed by atoms with Crippen LogP contribution in [-0.4, -0.2) is 17.8 Å². The highest BCUT2D eigenvalue weighted by Gasteiger charge is 1.95. The van der Waals surface area contributed by atoms with Crippen molar-refractivity contribution in [2.45, 2.75) is 6.04 Å². The lowest BCUT2D eigenvalue weighted by Gasteiger charge is -2.06. The number of carbonyl (C=O) groups is 1. The van der Waals surface area contributed by atoms with E-state index in [1.54, 1.807) is 0 Å². The third-order valence-electron chi connectivity index (χ3n) is 0.499. The molecule has 0 fully saturated rings. The van der Waals surface area contributed by atoms with Crippen LogP contribution in [0.4, 0.5) is 0 Å². The number of hydrogen-bond acceptors (Lipinski definition) is 4. The van der Waals surface area contributed by atoms with Crippen LogP contribution in [0.1, 0.15) is 0 Å². The van der Waals surface area contributed by atoms with Crippen molar-refractivity contribution in [1.82, 2.24) is 0 Å². The number of thiol groups is 1. The minimum Gasteiger partial charge on any atom is -0.548 e. The largest absolute Gasteiger partial charge is 0.548 e. The molecule has 42 valence electrons. The summed E-state index contributed by atoms with van der Waals surface area (Å²) < 4.78 is 0. The van der Waals surface area contributed by atoms with E-state index in [1.165, 1.54) is 0 Å². The Hall–Kier alpha value is -0.220. The molecule has 4 heteroatoms. The second-order valence-corrected chi connectivity index (χ2v) is 1.47. The van der Waals surface area contributed by atoms with E-state index in [9.17, 15) is 9.90 Å². The highest BCUT2D eigenvalue weighted by molar-refractivity contribution is 7.80. The molecule has 0 saturated heterocycles. The smallest absolute Gasteiger partial charge is 0.0590 e. The first kappa shape index (κ1) is 6.78. The minimum absolute atomic E-state index is 0.127. The fraction of sp³-hybridized carbons (Fsp3) is 0.667. The maximum Gasteiger partial charge on any atom is 0.0590 e. The quantitative estimate of drug-likeness (QED) is 0.414. The third-order valence-corrected chi connectivity index (χ3v) is 0.893. The summed E-state index contributed by atoms with van der Waals surface area (Å²) in [5, 5.41) is 9.65. The number of carbonyl (C=O) groups excluding carboxylic acids is 1. The molecule has 0 rings (SSSR count). The van der Waals surface area contributed by atoms with Gasteiger partial charge in [0.15, 0.2) is 0 Å². The van der Waals surface area contributed by atoms with Crippen LogP contribution in [0.3, 0.4) is 0 Å². The summed E-state index contributed by atoms with van der Waals surface area (Å²) in [7, 11) is 0. The average molecular weight is 120 g/mol. The number of carboxylic acids is 1. The van der Waals surface area contributed by atoms with Gasteiger partial charge >= 0.3 is 0 Å². The molecule has 3 nitrogen and oxygen atoms in total. The second kappa shape index (κ2) is 2.87. The van der Waals surface area contributed by atoms with E-state index in [0.29, 0.717) is 0 Å². The van der Waals surface area contributed by atoms with E-state index < -0.39 is 12.0 Å². The average Bonchev–Trinajstić information content (AvgIpc) is 1.65. The Labute approximate surface area is 46.9 Å². The highest BCUT2D eigenvalue weighted by Crippen LogP contribution is 1.77. The SMILES string of the molecule is N[C@H](CS)C(=O)[O-]. The molecule has 0 amide bonds. The van der Waals surface area contributed by atoms with Crippen molar-refractivity contribution in [3.8, 4) is 0 Å². The molecule has 2 N–H and O–H groups in total. The fourth-order valence-corrected chi connectivity index (χ4v) is 0.224. The molecule has 7 heavy (non-hydrogen) atoms. The first-order chi connectivity index (χ1) is 3.18. The van der Waals surface area contributed by atoms with Crippen LogP contribution in [0.25, 0.3) is 0 Å². The molecule has 0 aromatic carbocycles. The van der Waals surface area contributed by atoms with Crippen LogP contribution in [0, 0.1) is 0 Å². The summed E-state index contributed by atoms with van der Waals surface area (Å²) in [4.78, 5) is 9.65. The molecule has 0 bridgehead atoms. The standard InChI is InChI=1S/C3H7NO2S/c4-2(1-7)3(5)6/h2,7H,1,4H2,(H,5,6)/p-1/t2-/m1/s1. The zero-order valence-corrected chi connectivity index (χ0v) is 4.52. The lowest BCUT2D eigenvalue weighted by Crippen LogP contribution is -2.42. The molecule has 0 radical (unpaired) electrons. The number of nitrogens with two attached hydrogens (primary N) is 1. The Morgan fingerprint density at radius 3 is 2.43 bits per heavy atom. The Morgan fingerprint density at radius 2 is 2.43 bits per heavy atom. The van der Waals surface area contributed by atoms with Gasteiger partial charge in [-0.25, -0.2) is 0 Å². The number of hydrogen-bond donors (Lipinski definition) is 2. The first-order valence-corrected chi connectivity index (χ1v) is 2.39. The summed E-state index contributed by atoms with van der Waals surface area (Å²) in [6.45, 7) is 0.